The minimum atomic E-state index is -0.191. The quantitative estimate of drug-likeness (QED) is 0.632. The molecule has 0 saturated carbocycles. The van der Waals surface area contributed by atoms with Crippen LogP contribution in [0.3, 0.4) is 0 Å². The van der Waals surface area contributed by atoms with Crippen LogP contribution in [0.2, 0.25) is 0 Å². The van der Waals surface area contributed by atoms with Crippen molar-refractivity contribution in [1.29, 1.82) is 0 Å². The Morgan fingerprint density at radius 3 is 2.40 bits per heavy atom. The number of anilines is 3. The van der Waals surface area contributed by atoms with Crippen LogP contribution >= 0.6 is 0 Å². The predicted molar refractivity (Wildman–Crippen MR) is 124 cm³/mol. The summed E-state index contributed by atoms with van der Waals surface area (Å²) >= 11 is 0. The summed E-state index contributed by atoms with van der Waals surface area (Å²) < 4.78 is 0. The fourth-order valence-electron chi connectivity index (χ4n) is 3.98. The lowest BCUT2D eigenvalue weighted by Crippen LogP contribution is -2.39. The largest absolute Gasteiger partial charge is 0.378 e. The molecule has 0 aliphatic carbocycles. The van der Waals surface area contributed by atoms with E-state index in [0.717, 1.165) is 24.3 Å². The first-order chi connectivity index (χ1) is 14.6. The Morgan fingerprint density at radius 1 is 0.967 bits per heavy atom. The number of carbonyl (C=O) groups is 1. The van der Waals surface area contributed by atoms with Gasteiger partial charge >= 0.3 is 6.03 Å². The molecule has 30 heavy (non-hydrogen) atoms. The van der Waals surface area contributed by atoms with Crippen molar-refractivity contribution < 1.29 is 4.79 Å². The highest BCUT2D eigenvalue weighted by molar-refractivity contribution is 5.89. The number of carbonyl (C=O) groups excluding carboxylic acids is 1. The topological polar surface area (TPSA) is 47.6 Å². The fraction of sp³-hybridized carbons (Fsp3) is 0.240. The van der Waals surface area contributed by atoms with Crippen molar-refractivity contribution in [1.82, 2.24) is 5.32 Å². The van der Waals surface area contributed by atoms with Gasteiger partial charge in [-0.1, -0.05) is 48.5 Å². The van der Waals surface area contributed by atoms with Gasteiger partial charge in [0.05, 0.1) is 6.04 Å². The molecule has 5 nitrogen and oxygen atoms in total. The van der Waals surface area contributed by atoms with Gasteiger partial charge < -0.3 is 20.4 Å². The summed E-state index contributed by atoms with van der Waals surface area (Å²) in [5.41, 5.74) is 5.76. The molecule has 1 aliphatic rings. The van der Waals surface area contributed by atoms with E-state index in [2.05, 4.69) is 69.0 Å². The number of hydrogen-bond donors (Lipinski definition) is 2. The van der Waals surface area contributed by atoms with Crippen LogP contribution in [0, 0.1) is 0 Å². The number of fused-ring (bicyclic) bond motifs is 1. The normalized spacial score (nSPS) is 13.5. The molecule has 0 radical (unpaired) electrons. The maximum absolute atomic E-state index is 12.5. The van der Waals surface area contributed by atoms with Crippen molar-refractivity contribution in [3.63, 3.8) is 0 Å². The van der Waals surface area contributed by atoms with E-state index in [9.17, 15) is 4.79 Å². The number of nitrogens with one attached hydrogen (secondary N) is 2. The monoisotopic (exact) mass is 400 g/mol. The number of urea groups is 1. The van der Waals surface area contributed by atoms with E-state index in [1.165, 1.54) is 16.8 Å². The molecule has 2 N–H and O–H groups in total. The van der Waals surface area contributed by atoms with E-state index in [1.54, 1.807) is 0 Å². The molecule has 0 fully saturated rings. The lowest BCUT2D eigenvalue weighted by atomic mass is 10.0. The van der Waals surface area contributed by atoms with Gasteiger partial charge in [0.2, 0.25) is 0 Å². The van der Waals surface area contributed by atoms with Gasteiger partial charge in [-0.2, -0.15) is 0 Å². The maximum Gasteiger partial charge on any atom is 0.319 e. The average molecular weight is 401 g/mol. The molecule has 0 spiro atoms. The van der Waals surface area contributed by atoms with E-state index in [-0.39, 0.29) is 12.1 Å². The van der Waals surface area contributed by atoms with Gasteiger partial charge in [0.1, 0.15) is 0 Å². The summed E-state index contributed by atoms with van der Waals surface area (Å²) in [4.78, 5) is 17.0. The van der Waals surface area contributed by atoms with Gasteiger partial charge in [0.15, 0.2) is 0 Å². The van der Waals surface area contributed by atoms with Crippen molar-refractivity contribution >= 4 is 23.1 Å². The molecule has 1 aliphatic heterocycles. The minimum Gasteiger partial charge on any atom is -0.378 e. The second-order valence-electron chi connectivity index (χ2n) is 7.77. The van der Waals surface area contributed by atoms with E-state index in [0.29, 0.717) is 6.54 Å². The van der Waals surface area contributed by atoms with Gasteiger partial charge in [-0.05, 0) is 47.9 Å². The van der Waals surface area contributed by atoms with E-state index in [4.69, 9.17) is 0 Å². The Hall–Kier alpha value is -3.47. The molecule has 2 amide bonds. The molecule has 5 heteroatoms. The van der Waals surface area contributed by atoms with E-state index >= 15 is 0 Å². The molecule has 0 aromatic heterocycles. The lowest BCUT2D eigenvalue weighted by molar-refractivity contribution is 0.251. The Bertz CT molecular complexity index is 986. The average Bonchev–Trinajstić information content (AvgIpc) is 3.19. The summed E-state index contributed by atoms with van der Waals surface area (Å²) in [5, 5.41) is 5.98. The molecule has 3 aromatic rings. The molecule has 0 saturated heterocycles. The summed E-state index contributed by atoms with van der Waals surface area (Å²) in [5.74, 6) is 0. The zero-order valence-corrected chi connectivity index (χ0v) is 17.5. The van der Waals surface area contributed by atoms with Crippen molar-refractivity contribution in [3.8, 4) is 0 Å². The Labute approximate surface area is 178 Å². The third-order valence-electron chi connectivity index (χ3n) is 5.58. The zero-order chi connectivity index (χ0) is 20.9. The fourth-order valence-corrected chi connectivity index (χ4v) is 3.98. The number of rotatable bonds is 6. The van der Waals surface area contributed by atoms with Crippen molar-refractivity contribution in [3.05, 3.63) is 90.0 Å². The Balaban J connectivity index is 1.54. The van der Waals surface area contributed by atoms with Crippen LogP contribution in [0.5, 0.6) is 0 Å². The first-order valence-corrected chi connectivity index (χ1v) is 10.3. The molecule has 1 heterocycles. The van der Waals surface area contributed by atoms with E-state index in [1.807, 2.05) is 44.4 Å². The van der Waals surface area contributed by atoms with Gasteiger partial charge in [0, 0.05) is 44.2 Å². The summed E-state index contributed by atoms with van der Waals surface area (Å²) in [6.45, 7) is 1.47. The Morgan fingerprint density at radius 2 is 1.67 bits per heavy atom. The molecule has 4 rings (SSSR count). The summed E-state index contributed by atoms with van der Waals surface area (Å²) in [7, 11) is 4.08. The molecule has 1 atom stereocenters. The number of nitrogens with zero attached hydrogens (tertiary/aromatic N) is 2. The SMILES string of the molecule is CN(C)c1ccc([C@@H](CNC(=O)Nc2ccccc2)N2CCc3ccccc32)cc1. The second kappa shape index (κ2) is 8.91. The second-order valence-corrected chi connectivity index (χ2v) is 7.77. The molecular formula is C25H28N4O. The summed E-state index contributed by atoms with van der Waals surface area (Å²) in [6.07, 6.45) is 1.03. The molecule has 3 aromatic carbocycles. The van der Waals surface area contributed by atoms with Crippen LogP contribution in [-0.4, -0.2) is 33.2 Å². The number of hydrogen-bond acceptors (Lipinski definition) is 3. The van der Waals surface area contributed by atoms with Crippen LogP contribution < -0.4 is 20.4 Å². The predicted octanol–water partition coefficient (Wildman–Crippen LogP) is 4.68. The highest BCUT2D eigenvalue weighted by Crippen LogP contribution is 2.35. The number of para-hydroxylation sites is 2. The molecule has 0 unspecified atom stereocenters. The van der Waals surface area contributed by atoms with Gasteiger partial charge in [0.25, 0.3) is 0 Å². The minimum absolute atomic E-state index is 0.0615. The zero-order valence-electron chi connectivity index (χ0n) is 17.5. The smallest absolute Gasteiger partial charge is 0.319 e. The van der Waals surface area contributed by atoms with Crippen molar-refractivity contribution in [2.24, 2.45) is 0 Å². The highest BCUT2D eigenvalue weighted by atomic mass is 16.2. The lowest BCUT2D eigenvalue weighted by Gasteiger charge is -2.31. The van der Waals surface area contributed by atoms with Crippen LogP contribution in [0.15, 0.2) is 78.9 Å². The molecule has 0 bridgehead atoms. The van der Waals surface area contributed by atoms with Crippen molar-refractivity contribution in [2.45, 2.75) is 12.5 Å². The van der Waals surface area contributed by atoms with Gasteiger partial charge in [-0.3, -0.25) is 0 Å². The Kier molecular flexibility index (Phi) is 5.89. The first kappa shape index (κ1) is 19.8. The van der Waals surface area contributed by atoms with E-state index < -0.39 is 0 Å². The van der Waals surface area contributed by atoms with Crippen LogP contribution in [-0.2, 0) is 6.42 Å². The molecular weight excluding hydrogens is 372 g/mol. The third kappa shape index (κ3) is 4.40. The van der Waals surface area contributed by atoms with Crippen LogP contribution in [0.1, 0.15) is 17.2 Å². The third-order valence-corrected chi connectivity index (χ3v) is 5.58. The van der Waals surface area contributed by atoms with Crippen molar-refractivity contribution in [2.75, 3.05) is 42.3 Å². The number of benzene rings is 3. The highest BCUT2D eigenvalue weighted by Gasteiger charge is 2.27. The summed E-state index contributed by atoms with van der Waals surface area (Å²) in [6, 6.07) is 26.5. The number of amides is 2. The maximum atomic E-state index is 12.5. The van der Waals surface area contributed by atoms with Gasteiger partial charge in [-0.25, -0.2) is 4.79 Å². The first-order valence-electron chi connectivity index (χ1n) is 10.3. The van der Waals surface area contributed by atoms with Crippen LogP contribution in [0.25, 0.3) is 0 Å². The standard InChI is InChI=1S/C25H28N4O/c1-28(2)22-14-12-20(13-15-22)24(29-17-16-19-8-6-7-11-23(19)29)18-26-25(30)27-21-9-4-3-5-10-21/h3-15,24H,16-18H2,1-2H3,(H2,26,27,30)/t24-/m1/s1. The van der Waals surface area contributed by atoms with Gasteiger partial charge in [-0.15, -0.1) is 0 Å². The van der Waals surface area contributed by atoms with Crippen LogP contribution in [0.4, 0.5) is 21.9 Å². The molecule has 154 valence electrons.